The van der Waals surface area contributed by atoms with Gasteiger partial charge >= 0.3 is 0 Å². The number of aryl methyl sites for hydroxylation is 1. The van der Waals surface area contributed by atoms with Crippen molar-refractivity contribution in [2.45, 2.75) is 13.5 Å². The minimum Gasteiger partial charge on any atom is -0.331 e. The number of hydrazine groups is 1. The summed E-state index contributed by atoms with van der Waals surface area (Å²) in [6.07, 6.45) is 0. The van der Waals surface area contributed by atoms with Gasteiger partial charge in [0.2, 0.25) is 0 Å². The molecule has 5 rings (SSSR count). The summed E-state index contributed by atoms with van der Waals surface area (Å²) < 4.78 is 15.2. The average Bonchev–Trinajstić information content (AvgIpc) is 3.44. The first-order valence-corrected chi connectivity index (χ1v) is 12.3. The highest BCUT2D eigenvalue weighted by Crippen LogP contribution is 2.36. The lowest BCUT2D eigenvalue weighted by Gasteiger charge is -2.13. The van der Waals surface area contributed by atoms with Crippen LogP contribution in [0.15, 0.2) is 78.9 Å². The number of imidazole rings is 1. The molecule has 3 N–H and O–H groups in total. The number of hydrogen-bond donors (Lipinski definition) is 3. The van der Waals surface area contributed by atoms with Crippen molar-refractivity contribution < 1.29 is 9.18 Å². The topological polar surface area (TPSA) is 83.9 Å². The standard InChI is InChI=1S/C26H21FN6OS2/c1-16-23(36-25(28-16)17-11-13-18(27)14-12-17)24-30-20-9-5-6-10-21(20)33(24)15-22(34)31-32-26(35)29-19-7-3-2-4-8-19/h2-14H,15H2,1H3,(H,31,34)(H2,29,32,35). The quantitative estimate of drug-likeness (QED) is 0.217. The van der Waals surface area contributed by atoms with Gasteiger partial charge in [-0.3, -0.25) is 15.6 Å². The van der Waals surface area contributed by atoms with Crippen molar-refractivity contribution in [1.29, 1.82) is 0 Å². The number of carbonyl (C=O) groups excluding carboxylic acids is 1. The first kappa shape index (κ1) is 23.6. The van der Waals surface area contributed by atoms with E-state index in [0.717, 1.165) is 37.9 Å². The Balaban J connectivity index is 1.39. The Hall–Kier alpha value is -4.15. The van der Waals surface area contributed by atoms with Crippen LogP contribution >= 0.6 is 23.6 Å². The van der Waals surface area contributed by atoms with Crippen LogP contribution in [0.3, 0.4) is 0 Å². The molecule has 180 valence electrons. The molecule has 0 saturated heterocycles. The van der Waals surface area contributed by atoms with Crippen LogP contribution in [0.4, 0.5) is 10.1 Å². The van der Waals surface area contributed by atoms with Crippen molar-refractivity contribution in [1.82, 2.24) is 25.4 Å². The molecule has 2 aromatic heterocycles. The first-order valence-electron chi connectivity index (χ1n) is 11.1. The highest BCUT2D eigenvalue weighted by molar-refractivity contribution is 7.80. The van der Waals surface area contributed by atoms with Crippen LogP contribution in [0.5, 0.6) is 0 Å². The largest absolute Gasteiger partial charge is 0.331 e. The first-order chi connectivity index (χ1) is 17.5. The Morgan fingerprint density at radius 1 is 0.972 bits per heavy atom. The number of amides is 1. The minimum absolute atomic E-state index is 0.0139. The summed E-state index contributed by atoms with van der Waals surface area (Å²) in [5.41, 5.74) is 9.39. The number of nitrogens with zero attached hydrogens (tertiary/aromatic N) is 3. The smallest absolute Gasteiger partial charge is 0.258 e. The summed E-state index contributed by atoms with van der Waals surface area (Å²) in [6.45, 7) is 1.91. The molecule has 0 bridgehead atoms. The fraction of sp³-hybridized carbons (Fsp3) is 0.0769. The van der Waals surface area contributed by atoms with Gasteiger partial charge in [-0.15, -0.1) is 11.3 Å². The van der Waals surface area contributed by atoms with Gasteiger partial charge in [-0.05, 0) is 67.7 Å². The van der Waals surface area contributed by atoms with Gasteiger partial charge in [-0.1, -0.05) is 30.3 Å². The SMILES string of the molecule is Cc1nc(-c2ccc(F)cc2)sc1-c1nc2ccccc2n1CC(=O)NNC(=S)Nc1ccccc1. The molecule has 0 unspecified atom stereocenters. The van der Waals surface area contributed by atoms with Crippen LogP contribution in [0.2, 0.25) is 0 Å². The lowest BCUT2D eigenvalue weighted by atomic mass is 10.2. The van der Waals surface area contributed by atoms with E-state index in [9.17, 15) is 9.18 Å². The lowest BCUT2D eigenvalue weighted by molar-refractivity contribution is -0.122. The van der Waals surface area contributed by atoms with E-state index in [0.29, 0.717) is 5.82 Å². The zero-order valence-electron chi connectivity index (χ0n) is 19.2. The van der Waals surface area contributed by atoms with E-state index in [-0.39, 0.29) is 23.4 Å². The zero-order chi connectivity index (χ0) is 25.1. The Morgan fingerprint density at radius 2 is 1.69 bits per heavy atom. The lowest BCUT2D eigenvalue weighted by Crippen LogP contribution is -2.45. The van der Waals surface area contributed by atoms with Crippen molar-refractivity contribution in [3.8, 4) is 21.3 Å². The van der Waals surface area contributed by atoms with E-state index in [2.05, 4.69) is 21.2 Å². The summed E-state index contributed by atoms with van der Waals surface area (Å²) in [5.74, 6) is 0.0457. The number of rotatable bonds is 5. The number of fused-ring (bicyclic) bond motifs is 1. The minimum atomic E-state index is -0.299. The molecule has 0 aliphatic rings. The Kier molecular flexibility index (Phi) is 6.70. The molecule has 5 aromatic rings. The molecule has 0 spiro atoms. The Labute approximate surface area is 216 Å². The maximum Gasteiger partial charge on any atom is 0.258 e. The molecule has 0 atom stereocenters. The van der Waals surface area contributed by atoms with Crippen LogP contribution in [0.1, 0.15) is 5.69 Å². The zero-order valence-corrected chi connectivity index (χ0v) is 20.8. The molecule has 7 nitrogen and oxygen atoms in total. The van der Waals surface area contributed by atoms with E-state index < -0.39 is 0 Å². The number of aromatic nitrogens is 3. The van der Waals surface area contributed by atoms with Gasteiger partial charge in [0.05, 0.1) is 21.6 Å². The number of nitrogens with one attached hydrogen (secondary N) is 3. The normalized spacial score (nSPS) is 10.8. The molecule has 2 heterocycles. The molecular formula is C26H21FN6OS2. The predicted octanol–water partition coefficient (Wildman–Crippen LogP) is 5.29. The van der Waals surface area contributed by atoms with Crippen LogP contribution in [0, 0.1) is 12.7 Å². The number of carbonyl (C=O) groups is 1. The molecule has 10 heteroatoms. The summed E-state index contributed by atoms with van der Waals surface area (Å²) in [5, 5.41) is 4.03. The van der Waals surface area contributed by atoms with Crippen molar-refractivity contribution in [2.75, 3.05) is 5.32 Å². The van der Waals surface area contributed by atoms with Gasteiger partial charge in [0, 0.05) is 11.3 Å². The van der Waals surface area contributed by atoms with Gasteiger partial charge in [-0.2, -0.15) is 0 Å². The fourth-order valence-corrected chi connectivity index (χ4v) is 4.96. The third-order valence-electron chi connectivity index (χ3n) is 5.39. The number of thiazole rings is 1. The molecular weight excluding hydrogens is 495 g/mol. The second-order valence-electron chi connectivity index (χ2n) is 7.94. The summed E-state index contributed by atoms with van der Waals surface area (Å²) in [7, 11) is 0. The van der Waals surface area contributed by atoms with E-state index in [4.69, 9.17) is 17.2 Å². The van der Waals surface area contributed by atoms with Crippen molar-refractivity contribution in [3.05, 3.63) is 90.4 Å². The molecule has 0 aliphatic heterocycles. The molecule has 0 saturated carbocycles. The molecule has 1 amide bonds. The van der Waals surface area contributed by atoms with E-state index in [1.165, 1.54) is 23.5 Å². The van der Waals surface area contributed by atoms with E-state index >= 15 is 0 Å². The number of benzene rings is 3. The van der Waals surface area contributed by atoms with Crippen molar-refractivity contribution in [2.24, 2.45) is 0 Å². The highest BCUT2D eigenvalue weighted by Gasteiger charge is 2.20. The van der Waals surface area contributed by atoms with Gasteiger partial charge in [0.25, 0.3) is 5.91 Å². The van der Waals surface area contributed by atoms with Crippen LogP contribution < -0.4 is 16.2 Å². The third-order valence-corrected chi connectivity index (χ3v) is 6.80. The van der Waals surface area contributed by atoms with Gasteiger partial charge in [0.15, 0.2) is 10.9 Å². The highest BCUT2D eigenvalue weighted by atomic mass is 32.1. The predicted molar refractivity (Wildman–Crippen MR) is 145 cm³/mol. The third kappa shape index (κ3) is 5.09. The second kappa shape index (κ2) is 10.2. The van der Waals surface area contributed by atoms with Crippen molar-refractivity contribution >= 4 is 51.3 Å². The van der Waals surface area contributed by atoms with E-state index in [1.807, 2.05) is 66.1 Å². The summed E-state index contributed by atoms with van der Waals surface area (Å²) in [6, 6.07) is 23.3. The number of hydrogen-bond acceptors (Lipinski definition) is 5. The molecule has 36 heavy (non-hydrogen) atoms. The van der Waals surface area contributed by atoms with Gasteiger partial charge in [0.1, 0.15) is 17.4 Å². The Bertz CT molecular complexity index is 1550. The van der Waals surface area contributed by atoms with Crippen LogP contribution in [0.25, 0.3) is 32.3 Å². The number of thiocarbonyl (C=S) groups is 1. The van der Waals surface area contributed by atoms with Gasteiger partial charge in [-0.25, -0.2) is 14.4 Å². The van der Waals surface area contributed by atoms with Gasteiger partial charge < -0.3 is 9.88 Å². The number of anilines is 1. The monoisotopic (exact) mass is 516 g/mol. The van der Waals surface area contributed by atoms with Crippen LogP contribution in [-0.2, 0) is 11.3 Å². The number of para-hydroxylation sites is 3. The molecule has 0 aliphatic carbocycles. The molecule has 0 radical (unpaired) electrons. The van der Waals surface area contributed by atoms with Crippen LogP contribution in [-0.4, -0.2) is 25.6 Å². The second-order valence-corrected chi connectivity index (χ2v) is 9.35. The molecule has 0 fully saturated rings. The Morgan fingerprint density at radius 3 is 2.47 bits per heavy atom. The average molecular weight is 517 g/mol. The summed E-state index contributed by atoms with van der Waals surface area (Å²) >= 11 is 6.72. The van der Waals surface area contributed by atoms with Crippen molar-refractivity contribution in [3.63, 3.8) is 0 Å². The summed E-state index contributed by atoms with van der Waals surface area (Å²) in [4.78, 5) is 23.2. The fourth-order valence-electron chi connectivity index (χ4n) is 3.72. The molecule has 3 aromatic carbocycles. The maximum atomic E-state index is 13.4. The number of halogens is 1. The maximum absolute atomic E-state index is 13.4. The van der Waals surface area contributed by atoms with E-state index in [1.54, 1.807) is 12.1 Å².